The maximum absolute atomic E-state index is 10.7. The lowest BCUT2D eigenvalue weighted by Gasteiger charge is -2.23. The third-order valence-electron chi connectivity index (χ3n) is 4.94. The van der Waals surface area contributed by atoms with Crippen molar-refractivity contribution in [1.82, 2.24) is 0 Å². The Bertz CT molecular complexity index is 815. The van der Waals surface area contributed by atoms with Crippen molar-refractivity contribution in [2.24, 2.45) is 0 Å². The topological polar surface area (TPSA) is 65.0 Å². The van der Waals surface area contributed by atoms with Crippen LogP contribution in [0.15, 0.2) is 41.3 Å². The van der Waals surface area contributed by atoms with Gasteiger partial charge in [-0.2, -0.15) is 0 Å². The first-order valence-corrected chi connectivity index (χ1v) is 10.6. The summed E-state index contributed by atoms with van der Waals surface area (Å²) in [5, 5.41) is 8.78. The number of carboxylic acids is 1. The van der Waals surface area contributed by atoms with Gasteiger partial charge in [-0.25, -0.2) is 4.79 Å². The van der Waals surface area contributed by atoms with Crippen LogP contribution in [0.4, 0.5) is 0 Å². The van der Waals surface area contributed by atoms with Gasteiger partial charge >= 0.3 is 5.97 Å². The fourth-order valence-corrected chi connectivity index (χ4v) is 3.66. The molecule has 0 bridgehead atoms. The van der Waals surface area contributed by atoms with Crippen molar-refractivity contribution in [1.29, 1.82) is 0 Å². The molecule has 0 heterocycles. The van der Waals surface area contributed by atoms with E-state index >= 15 is 0 Å². The van der Waals surface area contributed by atoms with Gasteiger partial charge in [-0.15, -0.1) is 11.8 Å². The lowest BCUT2D eigenvalue weighted by Crippen LogP contribution is -2.15. The monoisotopic (exact) mass is 418 g/mol. The molecular weight excluding hydrogens is 388 g/mol. The molecule has 6 heteroatoms. The van der Waals surface area contributed by atoms with E-state index in [1.54, 1.807) is 24.9 Å². The molecule has 0 radical (unpaired) electrons. The van der Waals surface area contributed by atoms with Crippen molar-refractivity contribution in [2.75, 3.05) is 26.1 Å². The molecule has 29 heavy (non-hydrogen) atoms. The number of thioether (sulfide) groups is 1. The van der Waals surface area contributed by atoms with Crippen molar-refractivity contribution in [2.45, 2.75) is 44.4 Å². The summed E-state index contributed by atoms with van der Waals surface area (Å²) >= 11 is 1.63. The molecule has 0 fully saturated rings. The van der Waals surface area contributed by atoms with Crippen LogP contribution in [0.5, 0.6) is 17.2 Å². The fourth-order valence-electron chi connectivity index (χ4n) is 2.73. The quantitative estimate of drug-likeness (QED) is 0.393. The van der Waals surface area contributed by atoms with Crippen molar-refractivity contribution in [3.05, 3.63) is 47.5 Å². The molecule has 0 amide bonds. The van der Waals surface area contributed by atoms with E-state index in [0.29, 0.717) is 18.1 Å². The van der Waals surface area contributed by atoms with Crippen molar-refractivity contribution >= 4 is 17.7 Å². The summed E-state index contributed by atoms with van der Waals surface area (Å²) in [7, 11) is 1.59. The number of aryl methyl sites for hydroxylation is 1. The molecule has 2 aromatic rings. The second-order valence-electron chi connectivity index (χ2n) is 7.41. The maximum atomic E-state index is 10.7. The first-order valence-electron chi connectivity index (χ1n) is 9.66. The van der Waals surface area contributed by atoms with Gasteiger partial charge in [0.25, 0.3) is 0 Å². The van der Waals surface area contributed by atoms with Gasteiger partial charge in [-0.05, 0) is 48.1 Å². The van der Waals surface area contributed by atoms with Crippen LogP contribution < -0.4 is 14.2 Å². The number of carbonyl (C=O) groups is 1. The number of ether oxygens (including phenoxy) is 3. The lowest BCUT2D eigenvalue weighted by molar-refractivity contribution is -0.139. The predicted molar refractivity (Wildman–Crippen MR) is 117 cm³/mol. The Kier molecular flexibility index (Phi) is 8.26. The highest BCUT2D eigenvalue weighted by molar-refractivity contribution is 7.99. The molecule has 0 saturated carbocycles. The summed E-state index contributed by atoms with van der Waals surface area (Å²) in [6, 6.07) is 12.0. The van der Waals surface area contributed by atoms with Gasteiger partial charge < -0.3 is 19.3 Å². The number of benzene rings is 2. The number of hydrogen-bond acceptors (Lipinski definition) is 5. The minimum absolute atomic E-state index is 0.170. The van der Waals surface area contributed by atoms with Crippen LogP contribution >= 0.6 is 11.8 Å². The summed E-state index contributed by atoms with van der Waals surface area (Å²) in [6.45, 7) is 8.76. The number of carboxylic acid groups (broad SMARTS) is 1. The molecule has 5 nitrogen and oxygen atoms in total. The largest absolute Gasteiger partial charge is 0.495 e. The number of methoxy groups -OCH3 is 1. The summed E-state index contributed by atoms with van der Waals surface area (Å²) in [5.41, 5.74) is 2.35. The predicted octanol–water partition coefficient (Wildman–Crippen LogP) is 5.33. The summed E-state index contributed by atoms with van der Waals surface area (Å²) in [5.74, 6) is 1.78. The van der Waals surface area contributed by atoms with Crippen LogP contribution in [-0.2, 0) is 10.2 Å². The average molecular weight is 419 g/mol. The Morgan fingerprint density at radius 3 is 2.38 bits per heavy atom. The van der Waals surface area contributed by atoms with Crippen molar-refractivity contribution < 1.29 is 24.1 Å². The van der Waals surface area contributed by atoms with E-state index in [9.17, 15) is 4.79 Å². The van der Waals surface area contributed by atoms with E-state index in [0.717, 1.165) is 28.4 Å². The van der Waals surface area contributed by atoms with Crippen LogP contribution in [0.25, 0.3) is 0 Å². The van der Waals surface area contributed by atoms with E-state index in [1.165, 1.54) is 5.56 Å². The molecule has 2 aromatic carbocycles. The first kappa shape index (κ1) is 22.9. The van der Waals surface area contributed by atoms with Crippen LogP contribution in [0.2, 0.25) is 0 Å². The molecule has 158 valence electrons. The molecule has 2 rings (SSSR count). The smallest absolute Gasteiger partial charge is 0.341 e. The fraction of sp³-hybridized carbons (Fsp3) is 0.435. The van der Waals surface area contributed by atoms with E-state index in [-0.39, 0.29) is 12.0 Å². The van der Waals surface area contributed by atoms with Gasteiger partial charge in [0.2, 0.25) is 0 Å². The Hall–Kier alpha value is -2.34. The highest BCUT2D eigenvalue weighted by Gasteiger charge is 2.17. The Morgan fingerprint density at radius 2 is 1.79 bits per heavy atom. The van der Waals surface area contributed by atoms with Crippen molar-refractivity contribution in [3.63, 3.8) is 0 Å². The molecule has 0 unspecified atom stereocenters. The maximum Gasteiger partial charge on any atom is 0.341 e. The number of rotatable bonds is 11. The molecule has 0 aliphatic carbocycles. The van der Waals surface area contributed by atoms with Gasteiger partial charge in [0.1, 0.15) is 17.2 Å². The molecule has 1 N–H and O–H groups in total. The van der Waals surface area contributed by atoms with Gasteiger partial charge in [0.05, 0.1) is 13.7 Å². The highest BCUT2D eigenvalue weighted by atomic mass is 32.2. The minimum Gasteiger partial charge on any atom is -0.495 e. The standard InChI is InChI=1S/C23H30O5S/c1-6-23(3,4)17-7-9-18(10-8-17)27-11-12-29-21-13-16(2)19(14-20(21)26-5)28-15-22(24)25/h7-10,13-14H,6,11-12,15H2,1-5H3,(H,24,25). The second-order valence-corrected chi connectivity index (χ2v) is 8.55. The van der Waals surface area contributed by atoms with E-state index in [2.05, 4.69) is 32.9 Å². The zero-order chi connectivity index (χ0) is 21.4. The highest BCUT2D eigenvalue weighted by Crippen LogP contribution is 2.35. The third kappa shape index (κ3) is 6.60. The zero-order valence-electron chi connectivity index (χ0n) is 17.8. The molecule has 0 atom stereocenters. The SMILES string of the molecule is CCC(C)(C)c1ccc(OCCSc2cc(C)c(OCC(=O)O)cc2OC)cc1. The summed E-state index contributed by atoms with van der Waals surface area (Å²) in [4.78, 5) is 11.7. The Balaban J connectivity index is 1.91. The second kappa shape index (κ2) is 10.4. The number of aliphatic carboxylic acids is 1. The van der Waals surface area contributed by atoms with Crippen LogP contribution in [0.1, 0.15) is 38.3 Å². The first-order chi connectivity index (χ1) is 13.8. The molecule has 0 aromatic heterocycles. The molecule has 0 aliphatic rings. The van der Waals surface area contributed by atoms with Gasteiger partial charge in [-0.1, -0.05) is 32.9 Å². The van der Waals surface area contributed by atoms with Crippen LogP contribution in [-0.4, -0.2) is 37.2 Å². The third-order valence-corrected chi connectivity index (χ3v) is 5.94. The zero-order valence-corrected chi connectivity index (χ0v) is 18.6. The van der Waals surface area contributed by atoms with Gasteiger partial charge in [-0.3, -0.25) is 0 Å². The summed E-state index contributed by atoms with van der Waals surface area (Å²) in [6.07, 6.45) is 1.09. The molecule has 0 aliphatic heterocycles. The minimum atomic E-state index is -1.01. The number of hydrogen-bond donors (Lipinski definition) is 1. The molecule has 0 saturated heterocycles. The molecular formula is C23H30O5S. The average Bonchev–Trinajstić information content (AvgIpc) is 2.70. The lowest BCUT2D eigenvalue weighted by atomic mass is 9.82. The normalized spacial score (nSPS) is 11.2. The van der Waals surface area contributed by atoms with Crippen LogP contribution in [0.3, 0.4) is 0 Å². The molecule has 0 spiro atoms. The van der Waals surface area contributed by atoms with Gasteiger partial charge in [0, 0.05) is 16.7 Å². The Morgan fingerprint density at radius 1 is 1.10 bits per heavy atom. The van der Waals surface area contributed by atoms with E-state index in [1.807, 2.05) is 25.1 Å². The summed E-state index contributed by atoms with van der Waals surface area (Å²) < 4.78 is 16.6. The van der Waals surface area contributed by atoms with Gasteiger partial charge in [0.15, 0.2) is 6.61 Å². The van der Waals surface area contributed by atoms with E-state index in [4.69, 9.17) is 19.3 Å². The van der Waals surface area contributed by atoms with Crippen molar-refractivity contribution in [3.8, 4) is 17.2 Å². The van der Waals surface area contributed by atoms with E-state index < -0.39 is 5.97 Å². The van der Waals surface area contributed by atoms with Crippen LogP contribution in [0, 0.1) is 6.92 Å². The Labute approximate surface area is 177 Å².